The first-order chi connectivity index (χ1) is 11.8. The van der Waals surface area contributed by atoms with E-state index in [1.54, 1.807) is 18.5 Å². The summed E-state index contributed by atoms with van der Waals surface area (Å²) in [6, 6.07) is 2.98. The highest BCUT2D eigenvalue weighted by Gasteiger charge is 2.49. The van der Waals surface area contributed by atoms with Gasteiger partial charge in [-0.3, -0.25) is 4.90 Å². The molecule has 0 amide bonds. The second-order valence-corrected chi connectivity index (χ2v) is 7.31. The molecule has 0 saturated carbocycles. The molecule has 132 valence electrons. The number of rotatable bonds is 5. The second-order valence-electron chi connectivity index (χ2n) is 7.31. The van der Waals surface area contributed by atoms with Gasteiger partial charge >= 0.3 is 6.01 Å². The molecule has 3 fully saturated rings. The summed E-state index contributed by atoms with van der Waals surface area (Å²) in [6.07, 6.45) is 9.12. The van der Waals surface area contributed by atoms with Gasteiger partial charge in [0.15, 0.2) is 0 Å². The lowest BCUT2D eigenvalue weighted by atomic mass is 9.78. The van der Waals surface area contributed by atoms with E-state index in [2.05, 4.69) is 14.9 Å². The van der Waals surface area contributed by atoms with Gasteiger partial charge in [-0.15, -0.1) is 0 Å². The number of aromatic nitrogens is 2. The molecular formula is C18H27N3O3. The van der Waals surface area contributed by atoms with Gasteiger partial charge in [-0.05, 0) is 44.1 Å². The van der Waals surface area contributed by atoms with E-state index >= 15 is 0 Å². The molecule has 0 aliphatic carbocycles. The molecule has 1 unspecified atom stereocenters. The van der Waals surface area contributed by atoms with Gasteiger partial charge in [0.25, 0.3) is 0 Å². The van der Waals surface area contributed by atoms with Gasteiger partial charge in [0, 0.05) is 51.3 Å². The van der Waals surface area contributed by atoms with Gasteiger partial charge in [0.2, 0.25) is 0 Å². The Labute approximate surface area is 143 Å². The third kappa shape index (κ3) is 3.71. The third-order valence-electron chi connectivity index (χ3n) is 5.58. The van der Waals surface area contributed by atoms with Crippen molar-refractivity contribution in [1.29, 1.82) is 0 Å². The monoisotopic (exact) mass is 333 g/mol. The molecule has 6 nitrogen and oxygen atoms in total. The smallest absolute Gasteiger partial charge is 0.316 e. The van der Waals surface area contributed by atoms with Crippen molar-refractivity contribution in [3.8, 4) is 6.01 Å². The Morgan fingerprint density at radius 2 is 1.92 bits per heavy atom. The summed E-state index contributed by atoms with van der Waals surface area (Å²) >= 11 is 0. The van der Waals surface area contributed by atoms with Gasteiger partial charge in [-0.2, -0.15) is 0 Å². The zero-order valence-corrected chi connectivity index (χ0v) is 14.2. The molecule has 0 radical (unpaired) electrons. The average molecular weight is 333 g/mol. The molecule has 3 saturated heterocycles. The van der Waals surface area contributed by atoms with Crippen LogP contribution in [0.4, 0.5) is 0 Å². The van der Waals surface area contributed by atoms with Crippen LogP contribution >= 0.6 is 0 Å². The van der Waals surface area contributed by atoms with Crippen LogP contribution in [-0.2, 0) is 9.47 Å². The van der Waals surface area contributed by atoms with Crippen LogP contribution in [0.3, 0.4) is 0 Å². The zero-order valence-electron chi connectivity index (χ0n) is 14.2. The summed E-state index contributed by atoms with van der Waals surface area (Å²) in [5.74, 6) is 0.680. The molecule has 0 bridgehead atoms. The molecule has 1 spiro atoms. The Morgan fingerprint density at radius 3 is 2.71 bits per heavy atom. The first-order valence-electron chi connectivity index (χ1n) is 9.19. The van der Waals surface area contributed by atoms with Crippen LogP contribution in [0.25, 0.3) is 0 Å². The molecule has 3 aliphatic rings. The van der Waals surface area contributed by atoms with E-state index in [9.17, 15) is 0 Å². The summed E-state index contributed by atoms with van der Waals surface area (Å²) in [5, 5.41) is 0. The summed E-state index contributed by atoms with van der Waals surface area (Å²) in [4.78, 5) is 10.8. The molecule has 1 aromatic heterocycles. The van der Waals surface area contributed by atoms with Crippen molar-refractivity contribution in [3.63, 3.8) is 0 Å². The van der Waals surface area contributed by atoms with E-state index in [0.29, 0.717) is 24.6 Å². The lowest BCUT2D eigenvalue weighted by Gasteiger charge is -2.56. The number of hydrogen-bond donors (Lipinski definition) is 0. The van der Waals surface area contributed by atoms with Crippen LogP contribution < -0.4 is 4.74 Å². The van der Waals surface area contributed by atoms with Gasteiger partial charge in [0.05, 0.1) is 12.2 Å². The summed E-state index contributed by atoms with van der Waals surface area (Å²) in [7, 11) is 0. The maximum Gasteiger partial charge on any atom is 0.316 e. The maximum absolute atomic E-state index is 6.18. The Kier molecular flexibility index (Phi) is 4.96. The molecular weight excluding hydrogens is 306 g/mol. The predicted octanol–water partition coefficient (Wildman–Crippen LogP) is 1.91. The van der Waals surface area contributed by atoms with Crippen LogP contribution in [0, 0.1) is 5.92 Å². The largest absolute Gasteiger partial charge is 0.463 e. The van der Waals surface area contributed by atoms with Crippen LogP contribution in [0.15, 0.2) is 18.5 Å². The third-order valence-corrected chi connectivity index (χ3v) is 5.58. The lowest BCUT2D eigenvalue weighted by Crippen LogP contribution is -2.68. The van der Waals surface area contributed by atoms with Gasteiger partial charge in [-0.25, -0.2) is 9.97 Å². The summed E-state index contributed by atoms with van der Waals surface area (Å²) in [5.41, 5.74) is 0.102. The molecule has 0 N–H and O–H groups in total. The number of hydrogen-bond acceptors (Lipinski definition) is 6. The van der Waals surface area contributed by atoms with Crippen molar-refractivity contribution < 1.29 is 14.2 Å². The highest BCUT2D eigenvalue weighted by molar-refractivity contribution is 5.03. The minimum atomic E-state index is 0.102. The maximum atomic E-state index is 6.18. The molecule has 1 aromatic rings. The average Bonchev–Trinajstić information content (AvgIpc) is 2.61. The van der Waals surface area contributed by atoms with E-state index < -0.39 is 0 Å². The van der Waals surface area contributed by atoms with E-state index in [4.69, 9.17) is 14.2 Å². The minimum absolute atomic E-state index is 0.102. The fourth-order valence-electron chi connectivity index (χ4n) is 4.28. The van der Waals surface area contributed by atoms with Crippen molar-refractivity contribution in [1.82, 2.24) is 14.9 Å². The highest BCUT2D eigenvalue weighted by Crippen LogP contribution is 2.40. The molecule has 24 heavy (non-hydrogen) atoms. The Bertz CT molecular complexity index is 516. The molecule has 1 atom stereocenters. The van der Waals surface area contributed by atoms with Crippen LogP contribution in [0.5, 0.6) is 6.01 Å². The van der Waals surface area contributed by atoms with Crippen molar-refractivity contribution in [2.75, 3.05) is 39.5 Å². The zero-order chi connectivity index (χ0) is 16.2. The topological polar surface area (TPSA) is 56.7 Å². The van der Waals surface area contributed by atoms with Gasteiger partial charge in [0.1, 0.15) is 0 Å². The van der Waals surface area contributed by atoms with Crippen molar-refractivity contribution >= 4 is 0 Å². The first kappa shape index (κ1) is 16.2. The quantitative estimate of drug-likeness (QED) is 0.820. The van der Waals surface area contributed by atoms with E-state index in [-0.39, 0.29) is 5.60 Å². The van der Waals surface area contributed by atoms with Crippen LogP contribution in [0.2, 0.25) is 0 Å². The highest BCUT2D eigenvalue weighted by atomic mass is 16.5. The lowest BCUT2D eigenvalue weighted by molar-refractivity contribution is -0.195. The number of nitrogens with zero attached hydrogens (tertiary/aromatic N) is 3. The normalized spacial score (nSPS) is 27.8. The molecule has 0 aromatic carbocycles. The molecule has 3 aliphatic heterocycles. The molecule has 6 heteroatoms. The summed E-state index contributed by atoms with van der Waals surface area (Å²) < 4.78 is 17.3. The van der Waals surface area contributed by atoms with Crippen LogP contribution in [0.1, 0.15) is 32.1 Å². The molecule has 4 rings (SSSR count). The van der Waals surface area contributed by atoms with E-state index in [1.165, 1.54) is 12.8 Å². The predicted molar refractivity (Wildman–Crippen MR) is 89.0 cm³/mol. The fourth-order valence-corrected chi connectivity index (χ4v) is 4.28. The van der Waals surface area contributed by atoms with Crippen molar-refractivity contribution in [2.24, 2.45) is 5.92 Å². The Hall–Kier alpha value is -1.24. The van der Waals surface area contributed by atoms with Crippen molar-refractivity contribution in [2.45, 2.75) is 43.7 Å². The van der Waals surface area contributed by atoms with Gasteiger partial charge < -0.3 is 14.2 Å². The van der Waals surface area contributed by atoms with E-state index in [1.807, 2.05) is 0 Å². The number of ether oxygens (including phenoxy) is 3. The minimum Gasteiger partial charge on any atom is -0.463 e. The van der Waals surface area contributed by atoms with Crippen molar-refractivity contribution in [3.05, 3.63) is 18.5 Å². The van der Waals surface area contributed by atoms with Crippen LogP contribution in [-0.4, -0.2) is 66.0 Å². The fraction of sp³-hybridized carbons (Fsp3) is 0.778. The Morgan fingerprint density at radius 1 is 1.12 bits per heavy atom. The molecule has 4 heterocycles. The second kappa shape index (κ2) is 7.33. The van der Waals surface area contributed by atoms with E-state index in [0.717, 1.165) is 52.2 Å². The Balaban J connectivity index is 1.21. The van der Waals surface area contributed by atoms with Gasteiger partial charge in [-0.1, -0.05) is 0 Å². The first-order valence-corrected chi connectivity index (χ1v) is 9.19. The number of likely N-dealkylation sites (tertiary alicyclic amines) is 1. The standard InChI is InChI=1S/C18H27N3O3/c1-6-19-17(20-7-1)23-10-2-15-3-11-24-18(12-15)13-21(14-18)16-4-8-22-9-5-16/h1,6-7,15-16H,2-5,8-14H2. The SMILES string of the molecule is c1cnc(OCCC2CCOC3(C2)CN(C2CCOCC2)C3)nc1. The summed E-state index contributed by atoms with van der Waals surface area (Å²) in [6.45, 7) is 5.59.